The zero-order valence-electron chi connectivity index (χ0n) is 7.10. The lowest BCUT2D eigenvalue weighted by Crippen LogP contribution is -1.85. The van der Waals surface area contributed by atoms with E-state index < -0.39 is 0 Å². The fraction of sp³-hybridized carbons (Fsp3) is 0.200. The van der Waals surface area contributed by atoms with Gasteiger partial charge in [0, 0.05) is 4.70 Å². The number of rotatable bonds is 1. The van der Waals surface area contributed by atoms with Crippen molar-refractivity contribution in [2.45, 2.75) is 13.3 Å². The van der Waals surface area contributed by atoms with Gasteiger partial charge < -0.3 is 0 Å². The van der Waals surface area contributed by atoms with Crippen LogP contribution < -0.4 is 0 Å². The summed E-state index contributed by atoms with van der Waals surface area (Å²) in [4.78, 5) is 0. The maximum Gasteiger partial charge on any atom is 0.127 e. The fourth-order valence-electron chi connectivity index (χ4n) is 1.35. The first-order valence-electron chi connectivity index (χ1n) is 4.08. The molecule has 2 rings (SSSR count). The predicted octanol–water partition coefficient (Wildman–Crippen LogP) is 4.21. The smallest absolute Gasteiger partial charge is 0.127 e. The molecule has 1 aromatic heterocycles. The Hall–Kier alpha value is -0.160. The van der Waals surface area contributed by atoms with Crippen molar-refractivity contribution in [3.05, 3.63) is 32.5 Å². The summed E-state index contributed by atoms with van der Waals surface area (Å²) in [7, 11) is 0. The van der Waals surface area contributed by atoms with Gasteiger partial charge in [-0.05, 0) is 58.2 Å². The molecule has 3 heteroatoms. The SMILES string of the molecule is CCc1cc2cc(I)sc2cc1F. The summed E-state index contributed by atoms with van der Waals surface area (Å²) in [5.74, 6) is -0.0757. The molecular formula is C10H8FIS. The Morgan fingerprint density at radius 2 is 2.15 bits per heavy atom. The van der Waals surface area contributed by atoms with Crippen molar-refractivity contribution < 1.29 is 4.39 Å². The van der Waals surface area contributed by atoms with E-state index in [4.69, 9.17) is 0 Å². The van der Waals surface area contributed by atoms with Gasteiger partial charge in [-0.1, -0.05) is 6.92 Å². The largest absolute Gasteiger partial charge is 0.207 e. The van der Waals surface area contributed by atoms with E-state index in [0.717, 1.165) is 22.1 Å². The van der Waals surface area contributed by atoms with Gasteiger partial charge in [0.2, 0.25) is 0 Å². The van der Waals surface area contributed by atoms with Gasteiger partial charge in [-0.15, -0.1) is 11.3 Å². The van der Waals surface area contributed by atoms with E-state index in [-0.39, 0.29) is 5.82 Å². The minimum atomic E-state index is -0.0757. The molecule has 0 fully saturated rings. The van der Waals surface area contributed by atoms with E-state index in [1.807, 2.05) is 13.0 Å². The molecule has 0 atom stereocenters. The normalized spacial score (nSPS) is 11.0. The van der Waals surface area contributed by atoms with Crippen LogP contribution in [0, 0.1) is 8.70 Å². The van der Waals surface area contributed by atoms with Crippen LogP contribution in [0.5, 0.6) is 0 Å². The molecule has 0 spiro atoms. The lowest BCUT2D eigenvalue weighted by Gasteiger charge is -1.98. The number of hydrogen-bond acceptors (Lipinski definition) is 1. The highest BCUT2D eigenvalue weighted by Gasteiger charge is 2.05. The Bertz CT molecular complexity index is 447. The van der Waals surface area contributed by atoms with Crippen molar-refractivity contribution in [2.24, 2.45) is 0 Å². The third kappa shape index (κ3) is 1.72. The molecule has 68 valence electrons. The van der Waals surface area contributed by atoms with Crippen LogP contribution in [0.2, 0.25) is 0 Å². The molecule has 0 saturated heterocycles. The lowest BCUT2D eigenvalue weighted by molar-refractivity contribution is 0.614. The standard InChI is InChI=1S/C10H8FIS/c1-2-6-3-7-4-10(12)13-9(7)5-8(6)11/h3-5H,2H2,1H3. The average molecular weight is 306 g/mol. The minimum absolute atomic E-state index is 0.0757. The molecular weight excluding hydrogens is 298 g/mol. The van der Waals surface area contributed by atoms with E-state index in [1.165, 1.54) is 2.88 Å². The Morgan fingerprint density at radius 1 is 1.38 bits per heavy atom. The average Bonchev–Trinajstić information content (AvgIpc) is 2.42. The molecule has 0 amide bonds. The summed E-state index contributed by atoms with van der Waals surface area (Å²) in [5, 5.41) is 1.16. The van der Waals surface area contributed by atoms with Crippen LogP contribution in [-0.4, -0.2) is 0 Å². The van der Waals surface area contributed by atoms with E-state index in [2.05, 4.69) is 28.7 Å². The Kier molecular flexibility index (Phi) is 2.55. The monoisotopic (exact) mass is 306 g/mol. The van der Waals surface area contributed by atoms with E-state index >= 15 is 0 Å². The predicted molar refractivity (Wildman–Crippen MR) is 63.9 cm³/mol. The van der Waals surface area contributed by atoms with Gasteiger partial charge in [-0.25, -0.2) is 4.39 Å². The van der Waals surface area contributed by atoms with Gasteiger partial charge >= 0.3 is 0 Å². The lowest BCUT2D eigenvalue weighted by atomic mass is 10.1. The summed E-state index contributed by atoms with van der Waals surface area (Å²) < 4.78 is 15.6. The van der Waals surface area contributed by atoms with Gasteiger partial charge in [-0.2, -0.15) is 0 Å². The molecule has 1 aromatic carbocycles. The second kappa shape index (κ2) is 3.53. The number of fused-ring (bicyclic) bond motifs is 1. The van der Waals surface area contributed by atoms with Crippen molar-refractivity contribution in [3.8, 4) is 0 Å². The van der Waals surface area contributed by atoms with Crippen LogP contribution in [0.1, 0.15) is 12.5 Å². The molecule has 0 unspecified atom stereocenters. The topological polar surface area (TPSA) is 0 Å². The summed E-state index contributed by atoms with van der Waals surface area (Å²) in [6.45, 7) is 1.97. The third-order valence-electron chi connectivity index (χ3n) is 2.04. The van der Waals surface area contributed by atoms with E-state index in [9.17, 15) is 4.39 Å². The first-order chi connectivity index (χ1) is 6.20. The molecule has 0 aliphatic carbocycles. The van der Waals surface area contributed by atoms with Gasteiger partial charge in [0.25, 0.3) is 0 Å². The molecule has 0 bridgehead atoms. The van der Waals surface area contributed by atoms with Crippen LogP contribution in [0.15, 0.2) is 18.2 Å². The van der Waals surface area contributed by atoms with Gasteiger partial charge in [0.05, 0.1) is 2.88 Å². The summed E-state index contributed by atoms with van der Waals surface area (Å²) >= 11 is 3.90. The second-order valence-electron chi connectivity index (χ2n) is 2.89. The van der Waals surface area contributed by atoms with Crippen molar-refractivity contribution in [1.82, 2.24) is 0 Å². The highest BCUT2D eigenvalue weighted by molar-refractivity contribution is 14.1. The summed E-state index contributed by atoms with van der Waals surface area (Å²) in [6, 6.07) is 5.68. The van der Waals surface area contributed by atoms with Crippen LogP contribution in [0.4, 0.5) is 4.39 Å². The fourth-order valence-corrected chi connectivity index (χ4v) is 3.19. The Labute approximate surface area is 93.9 Å². The van der Waals surface area contributed by atoms with Crippen LogP contribution in [-0.2, 0) is 6.42 Å². The van der Waals surface area contributed by atoms with E-state index in [0.29, 0.717) is 0 Å². The summed E-state index contributed by atoms with van der Waals surface area (Å²) in [6.07, 6.45) is 0.758. The van der Waals surface area contributed by atoms with Gasteiger partial charge in [0.15, 0.2) is 0 Å². The Morgan fingerprint density at radius 3 is 2.85 bits per heavy atom. The van der Waals surface area contributed by atoms with Crippen molar-refractivity contribution in [1.29, 1.82) is 0 Å². The molecule has 2 aromatic rings. The van der Waals surface area contributed by atoms with Crippen molar-refractivity contribution in [3.63, 3.8) is 0 Å². The first-order valence-corrected chi connectivity index (χ1v) is 5.97. The number of halogens is 2. The van der Waals surface area contributed by atoms with Gasteiger partial charge in [-0.3, -0.25) is 0 Å². The maximum absolute atomic E-state index is 13.3. The second-order valence-corrected chi connectivity index (χ2v) is 5.86. The molecule has 13 heavy (non-hydrogen) atoms. The molecule has 0 N–H and O–H groups in total. The molecule has 1 heterocycles. The van der Waals surface area contributed by atoms with Crippen LogP contribution >= 0.6 is 33.9 Å². The molecule has 0 saturated carbocycles. The molecule has 0 aliphatic rings. The number of hydrogen-bond donors (Lipinski definition) is 0. The van der Waals surface area contributed by atoms with Gasteiger partial charge in [0.1, 0.15) is 5.82 Å². The number of aryl methyl sites for hydroxylation is 1. The number of benzene rings is 1. The zero-order valence-corrected chi connectivity index (χ0v) is 10.1. The molecule has 0 nitrogen and oxygen atoms in total. The minimum Gasteiger partial charge on any atom is -0.207 e. The first kappa shape index (κ1) is 9.40. The number of thiophene rings is 1. The van der Waals surface area contributed by atoms with Crippen LogP contribution in [0.25, 0.3) is 10.1 Å². The zero-order chi connectivity index (χ0) is 9.42. The van der Waals surface area contributed by atoms with Crippen LogP contribution in [0.3, 0.4) is 0 Å². The molecule has 0 radical (unpaired) electrons. The maximum atomic E-state index is 13.3. The van der Waals surface area contributed by atoms with E-state index in [1.54, 1.807) is 17.4 Å². The van der Waals surface area contributed by atoms with Crippen molar-refractivity contribution in [2.75, 3.05) is 0 Å². The third-order valence-corrected chi connectivity index (χ3v) is 3.89. The quantitative estimate of drug-likeness (QED) is 0.692. The highest BCUT2D eigenvalue weighted by Crippen LogP contribution is 2.29. The summed E-state index contributed by atoms with van der Waals surface area (Å²) in [5.41, 5.74) is 0.807. The van der Waals surface area contributed by atoms with Crippen molar-refractivity contribution >= 4 is 44.0 Å². The molecule has 0 aliphatic heterocycles. The highest BCUT2D eigenvalue weighted by atomic mass is 127. The Balaban J connectivity index is 2.72.